The predicted molar refractivity (Wildman–Crippen MR) is 125 cm³/mol. The first kappa shape index (κ1) is 23.6. The highest BCUT2D eigenvalue weighted by Crippen LogP contribution is 2.41. The number of aromatic hydroxyl groups is 1. The molecule has 0 spiro atoms. The number of para-hydroxylation sites is 2. The summed E-state index contributed by atoms with van der Waals surface area (Å²) in [5.41, 5.74) is 3.55. The zero-order chi connectivity index (χ0) is 20.5. The largest absolute Gasteiger partial charge is 0.507 e. The van der Waals surface area contributed by atoms with Crippen LogP contribution in [-0.2, 0) is 10.8 Å². The molecule has 1 heterocycles. The van der Waals surface area contributed by atoms with E-state index >= 15 is 0 Å². The number of fused-ring (bicyclic) bond motifs is 1. The van der Waals surface area contributed by atoms with Crippen molar-refractivity contribution in [1.82, 2.24) is 4.98 Å². The summed E-state index contributed by atoms with van der Waals surface area (Å²) in [6, 6.07) is 12.1. The molecule has 0 fully saturated rings. The number of rotatable bonds is 5. The van der Waals surface area contributed by atoms with Crippen LogP contribution in [0.15, 0.2) is 50.9 Å². The van der Waals surface area contributed by atoms with Crippen LogP contribution in [0.25, 0.3) is 11.1 Å². The number of hydrogen-bond acceptors (Lipinski definition) is 5. The Morgan fingerprint density at radius 2 is 1.45 bits per heavy atom. The van der Waals surface area contributed by atoms with E-state index < -0.39 is 0 Å². The van der Waals surface area contributed by atoms with Crippen LogP contribution in [-0.4, -0.2) is 27.1 Å². The second-order valence-electron chi connectivity index (χ2n) is 9.01. The van der Waals surface area contributed by atoms with Crippen molar-refractivity contribution >= 4 is 34.6 Å². The first-order chi connectivity index (χ1) is 13.1. The molecule has 0 radical (unpaired) electrons. The van der Waals surface area contributed by atoms with Gasteiger partial charge in [-0.1, -0.05) is 65.4 Å². The average molecular weight is 434 g/mol. The maximum atomic E-state index is 10.8. The zero-order valence-corrected chi connectivity index (χ0v) is 19.6. The Balaban J connectivity index is 0.00000300. The molecule has 29 heavy (non-hydrogen) atoms. The van der Waals surface area contributed by atoms with Crippen LogP contribution in [0.2, 0.25) is 0 Å². The minimum Gasteiger partial charge on any atom is -0.507 e. The number of hydrogen-bond donors (Lipinski definition) is 1. The molecule has 0 saturated carbocycles. The number of aromatic nitrogens is 1. The Morgan fingerprint density at radius 1 is 0.897 bits per heavy atom. The highest BCUT2D eigenvalue weighted by molar-refractivity contribution is 8.02. The summed E-state index contributed by atoms with van der Waals surface area (Å²) < 4.78 is 5.77. The lowest BCUT2D eigenvalue weighted by molar-refractivity contribution is 0.422. The minimum absolute atomic E-state index is 0. The second kappa shape index (κ2) is 9.02. The fourth-order valence-corrected chi connectivity index (χ4v) is 4.83. The van der Waals surface area contributed by atoms with Gasteiger partial charge in [0.15, 0.2) is 5.58 Å². The van der Waals surface area contributed by atoms with E-state index in [0.717, 1.165) is 39.0 Å². The van der Waals surface area contributed by atoms with Crippen molar-refractivity contribution in [2.75, 3.05) is 11.5 Å². The fraction of sp³-hybridized carbons (Fsp3) is 0.435. The Bertz CT molecular complexity index is 900. The Morgan fingerprint density at radius 3 is 2.00 bits per heavy atom. The predicted octanol–water partition coefficient (Wildman–Crippen LogP) is 6.19. The van der Waals surface area contributed by atoms with E-state index in [9.17, 15) is 5.11 Å². The lowest BCUT2D eigenvalue weighted by atomic mass is 9.79. The molecular formula is C23H31NO3S2. The van der Waals surface area contributed by atoms with Crippen molar-refractivity contribution in [1.29, 1.82) is 0 Å². The summed E-state index contributed by atoms with van der Waals surface area (Å²) >= 11 is 3.45. The first-order valence-corrected chi connectivity index (χ1v) is 11.5. The molecule has 3 aromatic rings. The summed E-state index contributed by atoms with van der Waals surface area (Å²) in [6.07, 6.45) is 0. The maximum absolute atomic E-state index is 10.8. The standard InChI is InChI=1S/C23H29NO2S2.H2O/c1-22(2,3)16-13-15(14-17(20(16)25)23(4,5)6)27-11-12-28-21-24-18-9-7-8-10-19(18)26-21;/h7-10,13-14,25H,11-12H2,1-6H3;1H2. The number of phenols is 1. The van der Waals surface area contributed by atoms with E-state index in [2.05, 4.69) is 58.7 Å². The third-order valence-corrected chi connectivity index (χ3v) is 6.62. The fourth-order valence-electron chi connectivity index (χ4n) is 3.04. The van der Waals surface area contributed by atoms with Gasteiger partial charge in [0.2, 0.25) is 0 Å². The lowest BCUT2D eigenvalue weighted by Gasteiger charge is -2.28. The van der Waals surface area contributed by atoms with Gasteiger partial charge in [-0.15, -0.1) is 11.8 Å². The maximum Gasteiger partial charge on any atom is 0.256 e. The second-order valence-corrected chi connectivity index (χ2v) is 11.2. The van der Waals surface area contributed by atoms with E-state index in [-0.39, 0.29) is 16.3 Å². The average Bonchev–Trinajstić information content (AvgIpc) is 3.00. The highest BCUT2D eigenvalue weighted by Gasteiger charge is 2.26. The van der Waals surface area contributed by atoms with Gasteiger partial charge in [0.25, 0.3) is 5.22 Å². The van der Waals surface area contributed by atoms with Crippen LogP contribution >= 0.6 is 23.5 Å². The summed E-state index contributed by atoms with van der Waals surface area (Å²) in [6.45, 7) is 12.9. The van der Waals surface area contributed by atoms with Crippen molar-refractivity contribution in [2.24, 2.45) is 0 Å². The number of nitrogens with zero attached hydrogens (tertiary/aromatic N) is 1. The highest BCUT2D eigenvalue weighted by atomic mass is 32.2. The van der Waals surface area contributed by atoms with Gasteiger partial charge >= 0.3 is 0 Å². The van der Waals surface area contributed by atoms with Crippen molar-refractivity contribution in [3.8, 4) is 5.75 Å². The van der Waals surface area contributed by atoms with Crippen LogP contribution in [0.3, 0.4) is 0 Å². The molecule has 0 bridgehead atoms. The monoisotopic (exact) mass is 433 g/mol. The summed E-state index contributed by atoms with van der Waals surface area (Å²) in [4.78, 5) is 5.72. The molecule has 158 valence electrons. The van der Waals surface area contributed by atoms with Gasteiger partial charge in [0.05, 0.1) is 0 Å². The number of phenolic OH excluding ortho intramolecular Hbond substituents is 1. The van der Waals surface area contributed by atoms with Gasteiger partial charge in [-0.25, -0.2) is 4.98 Å². The van der Waals surface area contributed by atoms with Crippen LogP contribution < -0.4 is 0 Å². The van der Waals surface area contributed by atoms with Crippen molar-refractivity contribution in [2.45, 2.75) is 62.5 Å². The van der Waals surface area contributed by atoms with E-state index in [1.807, 2.05) is 36.0 Å². The number of oxazole rings is 1. The van der Waals surface area contributed by atoms with Crippen molar-refractivity contribution < 1.29 is 15.0 Å². The number of thioether (sulfide) groups is 2. The molecule has 3 N–H and O–H groups in total. The Kier molecular flexibility index (Phi) is 7.36. The molecular weight excluding hydrogens is 402 g/mol. The topological polar surface area (TPSA) is 77.8 Å². The SMILES string of the molecule is CC(C)(C)c1cc(SCCSc2nc3ccccc3o2)cc(C(C)(C)C)c1O.O. The van der Waals surface area contributed by atoms with E-state index in [1.165, 1.54) is 4.90 Å². The zero-order valence-electron chi connectivity index (χ0n) is 18.0. The number of benzene rings is 2. The molecule has 6 heteroatoms. The van der Waals surface area contributed by atoms with Gasteiger partial charge in [0.1, 0.15) is 11.3 Å². The Labute approximate surface area is 181 Å². The summed E-state index contributed by atoms with van der Waals surface area (Å²) in [5.74, 6) is 2.29. The van der Waals surface area contributed by atoms with Crippen LogP contribution in [0.1, 0.15) is 52.7 Å². The summed E-state index contributed by atoms with van der Waals surface area (Å²) in [7, 11) is 0. The van der Waals surface area contributed by atoms with Crippen molar-refractivity contribution in [3.63, 3.8) is 0 Å². The van der Waals surface area contributed by atoms with E-state index in [1.54, 1.807) is 11.8 Å². The van der Waals surface area contributed by atoms with Gasteiger partial charge in [-0.2, -0.15) is 0 Å². The molecule has 0 atom stereocenters. The molecule has 1 aromatic heterocycles. The third-order valence-electron chi connectivity index (χ3n) is 4.55. The molecule has 4 nitrogen and oxygen atoms in total. The molecule has 0 aliphatic heterocycles. The van der Waals surface area contributed by atoms with Crippen LogP contribution in [0, 0.1) is 0 Å². The van der Waals surface area contributed by atoms with Crippen molar-refractivity contribution in [3.05, 3.63) is 47.5 Å². The molecule has 0 unspecified atom stereocenters. The van der Waals surface area contributed by atoms with Gasteiger partial charge in [-0.3, -0.25) is 0 Å². The van der Waals surface area contributed by atoms with Crippen LogP contribution in [0.5, 0.6) is 5.75 Å². The smallest absolute Gasteiger partial charge is 0.256 e. The van der Waals surface area contributed by atoms with Gasteiger partial charge < -0.3 is 15.0 Å². The summed E-state index contributed by atoms with van der Waals surface area (Å²) in [5, 5.41) is 11.6. The molecule has 0 saturated heterocycles. The lowest BCUT2D eigenvalue weighted by Crippen LogP contribution is -2.17. The molecule has 0 aliphatic rings. The molecule has 0 aliphatic carbocycles. The molecule has 3 rings (SSSR count). The normalized spacial score (nSPS) is 12.2. The molecule has 2 aromatic carbocycles. The van der Waals surface area contributed by atoms with E-state index in [4.69, 9.17) is 4.42 Å². The minimum atomic E-state index is -0.104. The third kappa shape index (κ3) is 5.71. The quantitative estimate of drug-likeness (QED) is 0.383. The van der Waals surface area contributed by atoms with Crippen LogP contribution in [0.4, 0.5) is 0 Å². The molecule has 0 amide bonds. The van der Waals surface area contributed by atoms with E-state index in [0.29, 0.717) is 5.75 Å². The Hall–Kier alpha value is -1.63. The van der Waals surface area contributed by atoms with Gasteiger partial charge in [0, 0.05) is 27.5 Å². The van der Waals surface area contributed by atoms with Gasteiger partial charge in [-0.05, 0) is 35.1 Å². The first-order valence-electron chi connectivity index (χ1n) is 9.55.